The van der Waals surface area contributed by atoms with Crippen molar-refractivity contribution in [1.82, 2.24) is 24.2 Å². The Bertz CT molecular complexity index is 853. The summed E-state index contributed by atoms with van der Waals surface area (Å²) in [7, 11) is 4.28. The molecule has 0 aliphatic carbocycles. The molecule has 126 valence electrons. The maximum atomic E-state index is 4.80. The molecule has 1 saturated heterocycles. The van der Waals surface area contributed by atoms with Crippen LogP contribution in [0.3, 0.4) is 0 Å². The molecule has 1 aliphatic heterocycles. The van der Waals surface area contributed by atoms with Crippen molar-refractivity contribution in [3.8, 4) is 0 Å². The Kier molecular flexibility index (Phi) is 3.85. The molecule has 0 spiro atoms. The summed E-state index contributed by atoms with van der Waals surface area (Å²) in [5.74, 6) is 1.60. The molecule has 7 nitrogen and oxygen atoms in total. The van der Waals surface area contributed by atoms with Crippen molar-refractivity contribution in [1.29, 1.82) is 0 Å². The van der Waals surface area contributed by atoms with Crippen LogP contribution in [0.25, 0.3) is 11.0 Å². The first-order valence-corrected chi connectivity index (χ1v) is 8.84. The number of aromatic amines is 1. The second kappa shape index (κ2) is 6.03. The van der Waals surface area contributed by atoms with Crippen LogP contribution < -0.4 is 10.2 Å². The summed E-state index contributed by atoms with van der Waals surface area (Å²) in [5.41, 5.74) is 1.86. The first-order valence-electron chi connectivity index (χ1n) is 8.07. The maximum absolute atomic E-state index is 4.80. The van der Waals surface area contributed by atoms with E-state index < -0.39 is 0 Å². The molecule has 24 heavy (non-hydrogen) atoms. The molecule has 0 unspecified atom stereocenters. The number of likely N-dealkylation sites (N-methyl/N-ethyl adjacent to an activating group) is 1. The van der Waals surface area contributed by atoms with E-state index in [1.165, 1.54) is 11.5 Å². The van der Waals surface area contributed by atoms with Crippen molar-refractivity contribution in [3.05, 3.63) is 24.0 Å². The third kappa shape index (κ3) is 2.83. The van der Waals surface area contributed by atoms with Crippen LogP contribution >= 0.6 is 11.5 Å². The zero-order chi connectivity index (χ0) is 16.7. The Morgan fingerprint density at radius 1 is 1.38 bits per heavy atom. The van der Waals surface area contributed by atoms with Gasteiger partial charge in [0.25, 0.3) is 0 Å². The molecule has 4 rings (SSSR count). The highest BCUT2D eigenvalue weighted by molar-refractivity contribution is 7.10. The normalized spacial score (nSPS) is 18.0. The van der Waals surface area contributed by atoms with Crippen LogP contribution in [0.1, 0.15) is 12.1 Å². The molecule has 0 amide bonds. The highest BCUT2D eigenvalue weighted by Crippen LogP contribution is 2.29. The summed E-state index contributed by atoms with van der Waals surface area (Å²) in [5, 5.41) is 5.31. The number of nitrogens with one attached hydrogen (secondary N) is 2. The van der Waals surface area contributed by atoms with Gasteiger partial charge in [0.05, 0.1) is 11.1 Å². The van der Waals surface area contributed by atoms with E-state index in [1.807, 2.05) is 25.3 Å². The van der Waals surface area contributed by atoms with Crippen molar-refractivity contribution >= 4 is 39.3 Å². The molecule has 0 radical (unpaired) electrons. The van der Waals surface area contributed by atoms with E-state index >= 15 is 0 Å². The van der Waals surface area contributed by atoms with Gasteiger partial charge in [-0.15, -0.1) is 0 Å². The van der Waals surface area contributed by atoms with E-state index in [2.05, 4.69) is 43.6 Å². The third-order valence-electron chi connectivity index (χ3n) is 4.45. The predicted octanol–water partition coefficient (Wildman–Crippen LogP) is 2.61. The monoisotopic (exact) mass is 343 g/mol. The van der Waals surface area contributed by atoms with Crippen molar-refractivity contribution in [3.63, 3.8) is 0 Å². The van der Waals surface area contributed by atoms with Crippen molar-refractivity contribution in [2.24, 2.45) is 0 Å². The largest absolute Gasteiger partial charge is 0.354 e. The lowest BCUT2D eigenvalue weighted by molar-refractivity contribution is 0.315. The highest BCUT2D eigenvalue weighted by Gasteiger charge is 2.27. The average molecular weight is 343 g/mol. The summed E-state index contributed by atoms with van der Waals surface area (Å²) in [4.78, 5) is 17.2. The second-order valence-electron chi connectivity index (χ2n) is 6.42. The Hall–Kier alpha value is -2.19. The van der Waals surface area contributed by atoms with Crippen LogP contribution in [0.5, 0.6) is 0 Å². The van der Waals surface area contributed by atoms with Gasteiger partial charge in [0, 0.05) is 25.3 Å². The van der Waals surface area contributed by atoms with Gasteiger partial charge in [-0.3, -0.25) is 0 Å². The minimum atomic E-state index is 0.564. The molecule has 1 fully saturated rings. The summed E-state index contributed by atoms with van der Waals surface area (Å²) < 4.78 is 4.29. The molecule has 8 heteroatoms. The zero-order valence-electron chi connectivity index (χ0n) is 14.1. The number of aryl methyl sites for hydroxylation is 1. The topological polar surface area (TPSA) is 73.0 Å². The fraction of sp³-hybridized carbons (Fsp3) is 0.438. The lowest BCUT2D eigenvalue weighted by atomic mass is 10.2. The lowest BCUT2D eigenvalue weighted by Crippen LogP contribution is -2.31. The number of aromatic nitrogens is 4. The molecule has 1 aliphatic rings. The zero-order valence-corrected chi connectivity index (χ0v) is 14.9. The lowest BCUT2D eigenvalue weighted by Gasteiger charge is -2.21. The molecule has 3 aromatic heterocycles. The van der Waals surface area contributed by atoms with E-state index in [1.54, 1.807) is 0 Å². The molecule has 2 N–H and O–H groups in total. The van der Waals surface area contributed by atoms with Gasteiger partial charge < -0.3 is 20.1 Å². The first-order chi connectivity index (χ1) is 11.6. The number of H-pyrrole nitrogens is 1. The molecule has 1 atom stereocenters. The first kappa shape index (κ1) is 15.3. The SMILES string of the molecule is Cc1cc(Nc2nc(N3CC[C@@H](N(C)C)C3)c3cc[nH]c3n2)sn1. The fourth-order valence-corrected chi connectivity index (χ4v) is 3.77. The predicted molar refractivity (Wildman–Crippen MR) is 98.3 cm³/mol. The van der Waals surface area contributed by atoms with Gasteiger partial charge in [0.2, 0.25) is 5.95 Å². The number of anilines is 3. The Labute approximate surface area is 144 Å². The van der Waals surface area contributed by atoms with E-state index in [-0.39, 0.29) is 0 Å². The molecule has 4 heterocycles. The van der Waals surface area contributed by atoms with Gasteiger partial charge in [-0.2, -0.15) is 14.3 Å². The molecule has 0 saturated carbocycles. The van der Waals surface area contributed by atoms with E-state index in [9.17, 15) is 0 Å². The van der Waals surface area contributed by atoms with Crippen LogP contribution in [-0.2, 0) is 0 Å². The van der Waals surface area contributed by atoms with Crippen LogP contribution in [0.2, 0.25) is 0 Å². The number of fused-ring (bicyclic) bond motifs is 1. The smallest absolute Gasteiger partial charge is 0.231 e. The highest BCUT2D eigenvalue weighted by atomic mass is 32.1. The van der Waals surface area contributed by atoms with E-state index in [4.69, 9.17) is 4.98 Å². The number of hydrogen-bond donors (Lipinski definition) is 2. The average Bonchev–Trinajstić information content (AvgIpc) is 3.26. The summed E-state index contributed by atoms with van der Waals surface area (Å²) in [6.07, 6.45) is 3.07. The standard InChI is InChI=1S/C16H21N7S/c1-10-8-13(24-21-10)18-16-19-14-12(4-6-17-14)15(20-16)23-7-5-11(9-23)22(2)3/h4,6,8,11H,5,7,9H2,1-3H3,(H2,17,18,19,20)/t11-/m1/s1. The number of nitrogens with zero attached hydrogens (tertiary/aromatic N) is 5. The van der Waals surface area contributed by atoms with Crippen molar-refractivity contribution in [2.75, 3.05) is 37.4 Å². The van der Waals surface area contributed by atoms with Gasteiger partial charge in [-0.1, -0.05) is 0 Å². The Morgan fingerprint density at radius 3 is 2.96 bits per heavy atom. The Balaban J connectivity index is 1.68. The van der Waals surface area contributed by atoms with Gasteiger partial charge in [0.15, 0.2) is 0 Å². The summed E-state index contributed by atoms with van der Waals surface area (Å²) >= 11 is 1.42. The quantitative estimate of drug-likeness (QED) is 0.759. The minimum Gasteiger partial charge on any atom is -0.354 e. The maximum Gasteiger partial charge on any atom is 0.231 e. The van der Waals surface area contributed by atoms with Crippen LogP contribution in [0.4, 0.5) is 16.8 Å². The number of rotatable bonds is 4. The van der Waals surface area contributed by atoms with Gasteiger partial charge in [-0.25, -0.2) is 0 Å². The second-order valence-corrected chi connectivity index (χ2v) is 7.23. The van der Waals surface area contributed by atoms with Crippen LogP contribution in [0.15, 0.2) is 18.3 Å². The van der Waals surface area contributed by atoms with Crippen LogP contribution in [0, 0.1) is 6.92 Å². The minimum absolute atomic E-state index is 0.564. The van der Waals surface area contributed by atoms with Gasteiger partial charge in [-0.05, 0) is 51.1 Å². The van der Waals surface area contributed by atoms with E-state index in [0.717, 1.165) is 47.1 Å². The Morgan fingerprint density at radius 2 is 2.25 bits per heavy atom. The number of hydrogen-bond acceptors (Lipinski definition) is 7. The van der Waals surface area contributed by atoms with Gasteiger partial charge >= 0.3 is 0 Å². The molecule has 0 bridgehead atoms. The third-order valence-corrected chi connectivity index (χ3v) is 5.25. The summed E-state index contributed by atoms with van der Waals surface area (Å²) in [6.45, 7) is 3.98. The fourth-order valence-electron chi connectivity index (χ4n) is 3.11. The molecular formula is C16H21N7S. The molecular weight excluding hydrogens is 322 g/mol. The van der Waals surface area contributed by atoms with E-state index in [0.29, 0.717) is 12.0 Å². The van der Waals surface area contributed by atoms with Crippen LogP contribution in [-0.4, -0.2) is 57.5 Å². The van der Waals surface area contributed by atoms with Crippen molar-refractivity contribution in [2.45, 2.75) is 19.4 Å². The summed E-state index contributed by atoms with van der Waals surface area (Å²) in [6, 6.07) is 4.62. The van der Waals surface area contributed by atoms with Gasteiger partial charge in [0.1, 0.15) is 16.5 Å². The van der Waals surface area contributed by atoms with Crippen molar-refractivity contribution < 1.29 is 0 Å². The molecule has 3 aromatic rings. The molecule has 0 aromatic carbocycles.